The van der Waals surface area contributed by atoms with Crippen molar-refractivity contribution in [1.82, 2.24) is 4.90 Å². The maximum atomic E-state index is 13.4. The SMILES string of the molecule is Cc1c(C2=CCC(N3CCOCC3)=N2)ccc(F)c1Cl. The Morgan fingerprint density at radius 1 is 1.30 bits per heavy atom. The summed E-state index contributed by atoms with van der Waals surface area (Å²) >= 11 is 5.97. The fourth-order valence-electron chi connectivity index (χ4n) is 2.54. The van der Waals surface area contributed by atoms with Gasteiger partial charge in [-0.1, -0.05) is 17.7 Å². The quantitative estimate of drug-likeness (QED) is 0.794. The molecule has 0 amide bonds. The molecule has 2 aliphatic heterocycles. The molecule has 20 heavy (non-hydrogen) atoms. The lowest BCUT2D eigenvalue weighted by Gasteiger charge is -2.28. The van der Waals surface area contributed by atoms with Gasteiger partial charge in [0.15, 0.2) is 0 Å². The highest BCUT2D eigenvalue weighted by atomic mass is 35.5. The molecule has 1 saturated heterocycles. The largest absolute Gasteiger partial charge is 0.378 e. The van der Waals surface area contributed by atoms with Crippen LogP contribution in [-0.2, 0) is 4.74 Å². The monoisotopic (exact) mass is 294 g/mol. The van der Waals surface area contributed by atoms with Crippen LogP contribution in [0.15, 0.2) is 23.2 Å². The topological polar surface area (TPSA) is 24.8 Å². The number of halogens is 2. The molecule has 3 rings (SSSR count). The molecule has 2 heterocycles. The molecule has 0 spiro atoms. The summed E-state index contributed by atoms with van der Waals surface area (Å²) in [5, 5.41) is 0.179. The minimum absolute atomic E-state index is 0.179. The van der Waals surface area contributed by atoms with Crippen LogP contribution in [0.25, 0.3) is 5.70 Å². The van der Waals surface area contributed by atoms with E-state index in [0.717, 1.165) is 55.4 Å². The lowest BCUT2D eigenvalue weighted by Crippen LogP contribution is -2.40. The van der Waals surface area contributed by atoms with Gasteiger partial charge >= 0.3 is 0 Å². The van der Waals surface area contributed by atoms with Crippen LogP contribution >= 0.6 is 11.6 Å². The van der Waals surface area contributed by atoms with Crippen LogP contribution in [0.3, 0.4) is 0 Å². The van der Waals surface area contributed by atoms with E-state index < -0.39 is 0 Å². The molecule has 106 valence electrons. The van der Waals surface area contributed by atoms with Gasteiger partial charge in [-0.3, -0.25) is 0 Å². The number of nitrogens with zero attached hydrogens (tertiary/aromatic N) is 2. The molecule has 1 fully saturated rings. The molecule has 0 radical (unpaired) electrons. The fraction of sp³-hybridized carbons (Fsp3) is 0.400. The van der Waals surface area contributed by atoms with E-state index in [1.54, 1.807) is 6.07 Å². The Morgan fingerprint density at radius 2 is 2.05 bits per heavy atom. The zero-order valence-corrected chi connectivity index (χ0v) is 12.1. The van der Waals surface area contributed by atoms with Gasteiger partial charge in [-0.05, 0) is 24.6 Å². The second-order valence-corrected chi connectivity index (χ2v) is 5.33. The van der Waals surface area contributed by atoms with Gasteiger partial charge in [0, 0.05) is 25.1 Å². The molecule has 1 aromatic carbocycles. The third-order valence-electron chi connectivity index (χ3n) is 3.72. The molecule has 3 nitrogen and oxygen atoms in total. The van der Waals surface area contributed by atoms with Crippen LogP contribution in [0, 0.1) is 12.7 Å². The first-order chi connectivity index (χ1) is 9.66. The first-order valence-electron chi connectivity index (χ1n) is 6.72. The van der Waals surface area contributed by atoms with Gasteiger partial charge in [-0.15, -0.1) is 0 Å². The van der Waals surface area contributed by atoms with E-state index in [1.807, 2.05) is 6.92 Å². The molecule has 0 aromatic heterocycles. The zero-order valence-electron chi connectivity index (χ0n) is 11.3. The van der Waals surface area contributed by atoms with Gasteiger partial charge in [-0.2, -0.15) is 0 Å². The predicted molar refractivity (Wildman–Crippen MR) is 78.6 cm³/mol. The lowest BCUT2D eigenvalue weighted by molar-refractivity contribution is 0.0676. The molecule has 0 unspecified atom stereocenters. The minimum Gasteiger partial charge on any atom is -0.378 e. The van der Waals surface area contributed by atoms with Crippen LogP contribution in [0.2, 0.25) is 5.02 Å². The van der Waals surface area contributed by atoms with E-state index in [1.165, 1.54) is 6.07 Å². The summed E-state index contributed by atoms with van der Waals surface area (Å²) in [6.45, 7) is 5.07. The molecular formula is C15H16ClFN2O. The van der Waals surface area contributed by atoms with Crippen molar-refractivity contribution >= 4 is 23.1 Å². The number of aliphatic imine (C=N–C) groups is 1. The van der Waals surface area contributed by atoms with E-state index in [0.29, 0.717) is 0 Å². The Labute approximate surface area is 122 Å². The van der Waals surface area contributed by atoms with E-state index in [2.05, 4.69) is 16.0 Å². The normalized spacial score (nSPS) is 19.1. The number of amidine groups is 1. The predicted octanol–water partition coefficient (Wildman–Crippen LogP) is 3.26. The van der Waals surface area contributed by atoms with Crippen molar-refractivity contribution in [1.29, 1.82) is 0 Å². The average Bonchev–Trinajstić information content (AvgIpc) is 2.95. The molecule has 5 heteroatoms. The van der Waals surface area contributed by atoms with Crippen molar-refractivity contribution < 1.29 is 9.13 Å². The van der Waals surface area contributed by atoms with Gasteiger partial charge in [-0.25, -0.2) is 9.38 Å². The maximum Gasteiger partial charge on any atom is 0.142 e. The molecule has 0 bridgehead atoms. The molecule has 0 saturated carbocycles. The second kappa shape index (κ2) is 5.54. The highest BCUT2D eigenvalue weighted by molar-refractivity contribution is 6.31. The summed E-state index contributed by atoms with van der Waals surface area (Å²) in [6, 6.07) is 3.14. The summed E-state index contributed by atoms with van der Waals surface area (Å²) < 4.78 is 18.8. The Hall–Kier alpha value is -1.39. The zero-order chi connectivity index (χ0) is 14.1. The van der Waals surface area contributed by atoms with Crippen molar-refractivity contribution in [3.8, 4) is 0 Å². The summed E-state index contributed by atoms with van der Waals surface area (Å²) in [6.07, 6.45) is 2.88. The number of ether oxygens (including phenoxy) is 1. The smallest absolute Gasteiger partial charge is 0.142 e. The molecule has 1 aromatic rings. The summed E-state index contributed by atoms with van der Waals surface area (Å²) in [7, 11) is 0. The highest BCUT2D eigenvalue weighted by Gasteiger charge is 2.20. The Morgan fingerprint density at radius 3 is 2.80 bits per heavy atom. The lowest BCUT2D eigenvalue weighted by atomic mass is 10.1. The molecule has 0 aliphatic carbocycles. The van der Waals surface area contributed by atoms with Crippen LogP contribution in [0.5, 0.6) is 0 Å². The van der Waals surface area contributed by atoms with Crippen molar-refractivity contribution in [3.63, 3.8) is 0 Å². The van der Waals surface area contributed by atoms with Crippen molar-refractivity contribution in [2.45, 2.75) is 13.3 Å². The molecular weight excluding hydrogens is 279 g/mol. The second-order valence-electron chi connectivity index (χ2n) is 4.95. The molecule has 0 atom stereocenters. The Kier molecular flexibility index (Phi) is 3.76. The molecule has 0 N–H and O–H groups in total. The first-order valence-corrected chi connectivity index (χ1v) is 7.10. The summed E-state index contributed by atoms with van der Waals surface area (Å²) in [4.78, 5) is 6.92. The van der Waals surface area contributed by atoms with E-state index >= 15 is 0 Å². The number of morpholine rings is 1. The van der Waals surface area contributed by atoms with Crippen LogP contribution < -0.4 is 0 Å². The van der Waals surface area contributed by atoms with Gasteiger partial charge < -0.3 is 9.64 Å². The highest BCUT2D eigenvalue weighted by Crippen LogP contribution is 2.31. The third-order valence-corrected chi connectivity index (χ3v) is 4.18. The van der Waals surface area contributed by atoms with Crippen molar-refractivity contribution in [2.24, 2.45) is 4.99 Å². The Balaban J connectivity index is 1.85. The minimum atomic E-state index is -0.385. The van der Waals surface area contributed by atoms with Gasteiger partial charge in [0.05, 0.1) is 23.9 Å². The van der Waals surface area contributed by atoms with Crippen molar-refractivity contribution in [3.05, 3.63) is 40.2 Å². The fourth-order valence-corrected chi connectivity index (χ4v) is 2.70. The van der Waals surface area contributed by atoms with E-state index in [4.69, 9.17) is 16.3 Å². The average molecular weight is 295 g/mol. The van der Waals surface area contributed by atoms with Gasteiger partial charge in [0.1, 0.15) is 11.7 Å². The van der Waals surface area contributed by atoms with Crippen LogP contribution in [0.4, 0.5) is 4.39 Å². The number of hydrogen-bond donors (Lipinski definition) is 0. The van der Waals surface area contributed by atoms with Gasteiger partial charge in [0.25, 0.3) is 0 Å². The maximum absolute atomic E-state index is 13.4. The summed E-state index contributed by atoms with van der Waals surface area (Å²) in [5.74, 6) is 0.673. The standard InChI is InChI=1S/C15H16ClFN2O/c1-10-11(2-3-12(17)15(10)16)13-4-5-14(18-13)19-6-8-20-9-7-19/h2-4H,5-9H2,1H3. The number of benzene rings is 1. The number of hydrogen-bond acceptors (Lipinski definition) is 3. The van der Waals surface area contributed by atoms with Crippen LogP contribution in [-0.4, -0.2) is 37.0 Å². The Bertz CT molecular complexity index is 592. The van der Waals surface area contributed by atoms with E-state index in [-0.39, 0.29) is 10.8 Å². The van der Waals surface area contributed by atoms with Gasteiger partial charge in [0.2, 0.25) is 0 Å². The first kappa shape index (κ1) is 13.6. The molecule has 2 aliphatic rings. The van der Waals surface area contributed by atoms with E-state index in [9.17, 15) is 4.39 Å². The number of rotatable bonds is 1. The summed E-state index contributed by atoms with van der Waals surface area (Å²) in [5.41, 5.74) is 2.52. The third kappa shape index (κ3) is 2.45. The van der Waals surface area contributed by atoms with Crippen LogP contribution in [0.1, 0.15) is 17.5 Å². The van der Waals surface area contributed by atoms with Crippen molar-refractivity contribution in [2.75, 3.05) is 26.3 Å².